The topological polar surface area (TPSA) is 66.1 Å². The first-order valence-corrected chi connectivity index (χ1v) is 3.67. The van der Waals surface area contributed by atoms with Crippen LogP contribution in [-0.2, 0) is 10.6 Å². The Morgan fingerprint density at radius 2 is 2.43 bits per heavy atom. The molecule has 72 valence electrons. The third kappa shape index (κ3) is 1.56. The Kier molecular flexibility index (Phi) is 2.50. The SMILES string of the molecule is [C-]#[N+]c1[nH]c(C(C)(F)OC)nc1C#N. The van der Waals surface area contributed by atoms with E-state index in [-0.39, 0.29) is 17.3 Å². The van der Waals surface area contributed by atoms with E-state index in [9.17, 15) is 4.39 Å². The Morgan fingerprint density at radius 1 is 1.79 bits per heavy atom. The summed E-state index contributed by atoms with van der Waals surface area (Å²) < 4.78 is 18.0. The van der Waals surface area contributed by atoms with E-state index in [0.29, 0.717) is 0 Å². The third-order valence-corrected chi connectivity index (χ3v) is 1.71. The highest BCUT2D eigenvalue weighted by molar-refractivity contribution is 5.49. The summed E-state index contributed by atoms with van der Waals surface area (Å²) in [5.41, 5.74) is -0.129. The minimum absolute atomic E-state index is 0.0802. The minimum atomic E-state index is -2.12. The molecule has 1 aromatic heterocycles. The number of ether oxygens (including phenoxy) is 1. The van der Waals surface area contributed by atoms with Crippen molar-refractivity contribution < 1.29 is 9.13 Å². The fraction of sp³-hybridized carbons (Fsp3) is 0.375. The standard InChI is InChI=1S/C8H7FN4O/c1-8(9,14-3)7-12-5(4-10)6(11-2)13-7/h1,3H3,(H,12,13). The molecular weight excluding hydrogens is 187 g/mol. The number of methoxy groups -OCH3 is 1. The number of halogens is 1. The molecule has 0 saturated carbocycles. The van der Waals surface area contributed by atoms with Crippen molar-refractivity contribution in [3.8, 4) is 6.07 Å². The van der Waals surface area contributed by atoms with Gasteiger partial charge in [0.15, 0.2) is 5.69 Å². The largest absolute Gasteiger partial charge is 0.361 e. The molecule has 0 radical (unpaired) electrons. The number of imidazole rings is 1. The number of hydrogen-bond donors (Lipinski definition) is 1. The van der Waals surface area contributed by atoms with Crippen molar-refractivity contribution in [1.82, 2.24) is 9.97 Å². The van der Waals surface area contributed by atoms with Crippen LogP contribution in [0, 0.1) is 17.9 Å². The zero-order chi connectivity index (χ0) is 10.8. The minimum Gasteiger partial charge on any atom is -0.361 e. The molecule has 6 heteroatoms. The molecule has 0 bridgehead atoms. The van der Waals surface area contributed by atoms with Crippen LogP contribution in [0.1, 0.15) is 18.4 Å². The second kappa shape index (κ2) is 3.44. The first-order chi connectivity index (χ1) is 6.55. The highest BCUT2D eigenvalue weighted by Gasteiger charge is 2.32. The normalized spacial score (nSPS) is 14.1. The van der Waals surface area contributed by atoms with E-state index in [1.165, 1.54) is 7.11 Å². The number of aromatic nitrogens is 2. The Balaban J connectivity index is 3.23. The second-order valence-electron chi connectivity index (χ2n) is 2.63. The summed E-state index contributed by atoms with van der Waals surface area (Å²) in [5.74, 6) is -2.37. The third-order valence-electron chi connectivity index (χ3n) is 1.71. The van der Waals surface area contributed by atoms with Crippen LogP contribution in [0.4, 0.5) is 10.2 Å². The first-order valence-electron chi connectivity index (χ1n) is 3.67. The summed E-state index contributed by atoms with van der Waals surface area (Å²) in [4.78, 5) is 8.99. The Bertz CT molecular complexity index is 392. The van der Waals surface area contributed by atoms with Gasteiger partial charge in [0.05, 0.1) is 0 Å². The maximum atomic E-state index is 13.5. The van der Waals surface area contributed by atoms with Crippen molar-refractivity contribution in [3.05, 3.63) is 22.9 Å². The van der Waals surface area contributed by atoms with E-state index < -0.39 is 5.85 Å². The Hall–Kier alpha value is -1.92. The molecule has 5 nitrogen and oxygen atoms in total. The van der Waals surface area contributed by atoms with Gasteiger partial charge in [0, 0.05) is 14.0 Å². The Morgan fingerprint density at radius 3 is 2.79 bits per heavy atom. The van der Waals surface area contributed by atoms with Crippen molar-refractivity contribution in [2.24, 2.45) is 0 Å². The van der Waals surface area contributed by atoms with Crippen molar-refractivity contribution >= 4 is 5.82 Å². The Labute approximate surface area is 80.0 Å². The molecule has 0 aromatic carbocycles. The molecule has 1 unspecified atom stereocenters. The number of nitriles is 1. The van der Waals surface area contributed by atoms with Crippen LogP contribution in [0.2, 0.25) is 0 Å². The molecule has 0 amide bonds. The molecular formula is C8H7FN4O. The second-order valence-corrected chi connectivity index (χ2v) is 2.63. The molecule has 0 fully saturated rings. The van der Waals surface area contributed by atoms with Crippen LogP contribution in [0.15, 0.2) is 0 Å². The first kappa shape index (κ1) is 10.2. The van der Waals surface area contributed by atoms with Gasteiger partial charge in [-0.15, -0.1) is 0 Å². The average Bonchev–Trinajstić information content (AvgIpc) is 2.61. The van der Waals surface area contributed by atoms with E-state index in [2.05, 4.69) is 19.5 Å². The quantitative estimate of drug-likeness (QED) is 0.727. The summed E-state index contributed by atoms with van der Waals surface area (Å²) in [7, 11) is 1.17. The van der Waals surface area contributed by atoms with Gasteiger partial charge >= 0.3 is 0 Å². The van der Waals surface area contributed by atoms with Crippen LogP contribution in [0.5, 0.6) is 0 Å². The molecule has 1 rings (SSSR count). The van der Waals surface area contributed by atoms with Gasteiger partial charge in [-0.2, -0.15) is 5.26 Å². The zero-order valence-corrected chi connectivity index (χ0v) is 7.63. The number of hydrogen-bond acceptors (Lipinski definition) is 3. The number of nitrogens with one attached hydrogen (secondary N) is 1. The van der Waals surface area contributed by atoms with Crippen molar-refractivity contribution in [3.63, 3.8) is 0 Å². The van der Waals surface area contributed by atoms with Gasteiger partial charge in [-0.25, -0.2) is 9.37 Å². The average molecular weight is 194 g/mol. The van der Waals surface area contributed by atoms with E-state index in [1.54, 1.807) is 6.07 Å². The highest BCUT2D eigenvalue weighted by Crippen LogP contribution is 2.27. The summed E-state index contributed by atoms with van der Waals surface area (Å²) in [6.45, 7) is 7.84. The highest BCUT2D eigenvalue weighted by atomic mass is 19.2. The molecule has 0 aliphatic rings. The predicted octanol–water partition coefficient (Wildman–Crippen LogP) is 1.62. The van der Waals surface area contributed by atoms with Gasteiger partial charge in [0.25, 0.3) is 11.7 Å². The summed E-state index contributed by atoms with van der Waals surface area (Å²) in [6.07, 6.45) is 0. The molecule has 14 heavy (non-hydrogen) atoms. The smallest absolute Gasteiger partial charge is 0.285 e. The number of nitrogens with zero attached hydrogens (tertiary/aromatic N) is 3. The maximum Gasteiger partial charge on any atom is 0.285 e. The van der Waals surface area contributed by atoms with Gasteiger partial charge in [0.2, 0.25) is 5.82 Å². The molecule has 1 N–H and O–H groups in total. The summed E-state index contributed by atoms with van der Waals surface area (Å²) in [6, 6.07) is 1.68. The molecule has 0 aliphatic carbocycles. The van der Waals surface area contributed by atoms with E-state index in [4.69, 9.17) is 11.8 Å². The van der Waals surface area contributed by atoms with Gasteiger partial charge < -0.3 is 9.58 Å². The van der Waals surface area contributed by atoms with E-state index in [1.807, 2.05) is 0 Å². The van der Waals surface area contributed by atoms with Crippen LogP contribution in [0.25, 0.3) is 4.85 Å². The molecule has 1 aromatic rings. The van der Waals surface area contributed by atoms with Crippen LogP contribution < -0.4 is 0 Å². The molecule has 1 heterocycles. The van der Waals surface area contributed by atoms with Crippen LogP contribution in [-0.4, -0.2) is 17.1 Å². The molecule has 0 saturated heterocycles. The molecule has 0 aliphatic heterocycles. The predicted molar refractivity (Wildman–Crippen MR) is 45.0 cm³/mol. The number of alkyl halides is 1. The van der Waals surface area contributed by atoms with E-state index in [0.717, 1.165) is 6.92 Å². The fourth-order valence-corrected chi connectivity index (χ4v) is 0.831. The lowest BCUT2D eigenvalue weighted by atomic mass is 10.3. The van der Waals surface area contributed by atoms with Gasteiger partial charge in [-0.3, -0.25) is 4.98 Å². The van der Waals surface area contributed by atoms with Gasteiger partial charge in [-0.05, 0) is 0 Å². The summed E-state index contributed by atoms with van der Waals surface area (Å²) in [5, 5.41) is 8.56. The van der Waals surface area contributed by atoms with Crippen molar-refractivity contribution in [2.45, 2.75) is 12.8 Å². The maximum absolute atomic E-state index is 13.5. The number of aromatic amines is 1. The van der Waals surface area contributed by atoms with Gasteiger partial charge in [-0.1, -0.05) is 6.57 Å². The number of H-pyrrole nitrogens is 1. The molecule has 1 atom stereocenters. The lowest BCUT2D eigenvalue weighted by molar-refractivity contribution is -0.118. The fourth-order valence-electron chi connectivity index (χ4n) is 0.831. The number of rotatable bonds is 2. The lowest BCUT2D eigenvalue weighted by Gasteiger charge is -2.12. The molecule has 0 spiro atoms. The van der Waals surface area contributed by atoms with Crippen molar-refractivity contribution in [2.75, 3.05) is 7.11 Å². The van der Waals surface area contributed by atoms with E-state index >= 15 is 0 Å². The van der Waals surface area contributed by atoms with Crippen LogP contribution in [0.3, 0.4) is 0 Å². The van der Waals surface area contributed by atoms with Gasteiger partial charge in [0.1, 0.15) is 6.07 Å². The summed E-state index contributed by atoms with van der Waals surface area (Å²) >= 11 is 0. The van der Waals surface area contributed by atoms with Crippen LogP contribution >= 0.6 is 0 Å². The monoisotopic (exact) mass is 194 g/mol. The lowest BCUT2D eigenvalue weighted by Crippen LogP contribution is -2.19. The zero-order valence-electron chi connectivity index (χ0n) is 7.63. The van der Waals surface area contributed by atoms with Crippen molar-refractivity contribution in [1.29, 1.82) is 5.26 Å².